The fourth-order valence-corrected chi connectivity index (χ4v) is 1.47. The highest BCUT2D eigenvalue weighted by Gasteiger charge is 2.20. The fourth-order valence-electron chi connectivity index (χ4n) is 1.47. The van der Waals surface area contributed by atoms with E-state index in [1.807, 2.05) is 19.1 Å². The SMILES string of the molecule is C[C@H]1CCO[C@@H](c2ccc(O)cc2)O1. The van der Waals surface area contributed by atoms with Crippen molar-refractivity contribution in [1.82, 2.24) is 0 Å². The van der Waals surface area contributed by atoms with Gasteiger partial charge in [-0.25, -0.2) is 0 Å². The molecule has 0 aromatic heterocycles. The van der Waals surface area contributed by atoms with Crippen LogP contribution in [0, 0.1) is 0 Å². The third-order valence-electron chi connectivity index (χ3n) is 2.31. The van der Waals surface area contributed by atoms with E-state index in [-0.39, 0.29) is 18.1 Å². The summed E-state index contributed by atoms with van der Waals surface area (Å²) in [6.07, 6.45) is 0.899. The van der Waals surface area contributed by atoms with Crippen LogP contribution in [0.5, 0.6) is 5.75 Å². The van der Waals surface area contributed by atoms with Crippen molar-refractivity contribution in [3.63, 3.8) is 0 Å². The Kier molecular flexibility index (Phi) is 2.70. The van der Waals surface area contributed by atoms with E-state index < -0.39 is 0 Å². The minimum atomic E-state index is -0.278. The van der Waals surface area contributed by atoms with Crippen LogP contribution in [-0.2, 0) is 9.47 Å². The first-order valence-corrected chi connectivity index (χ1v) is 4.82. The van der Waals surface area contributed by atoms with Gasteiger partial charge in [0.25, 0.3) is 0 Å². The summed E-state index contributed by atoms with van der Waals surface area (Å²) in [5, 5.41) is 9.13. The van der Waals surface area contributed by atoms with Gasteiger partial charge in [0.1, 0.15) is 5.75 Å². The maximum absolute atomic E-state index is 9.13. The monoisotopic (exact) mass is 194 g/mol. The van der Waals surface area contributed by atoms with Crippen LogP contribution < -0.4 is 0 Å². The van der Waals surface area contributed by atoms with E-state index in [9.17, 15) is 0 Å². The maximum Gasteiger partial charge on any atom is 0.184 e. The molecule has 1 aromatic carbocycles. The highest BCUT2D eigenvalue weighted by atomic mass is 16.7. The molecule has 1 aromatic rings. The lowest BCUT2D eigenvalue weighted by Gasteiger charge is -2.28. The van der Waals surface area contributed by atoms with Crippen molar-refractivity contribution in [2.45, 2.75) is 25.7 Å². The lowest BCUT2D eigenvalue weighted by Crippen LogP contribution is -2.24. The normalized spacial score (nSPS) is 27.5. The molecule has 14 heavy (non-hydrogen) atoms. The van der Waals surface area contributed by atoms with Crippen LogP contribution in [0.2, 0.25) is 0 Å². The van der Waals surface area contributed by atoms with Crippen LogP contribution in [0.25, 0.3) is 0 Å². The molecule has 1 aliphatic heterocycles. The lowest BCUT2D eigenvalue weighted by atomic mass is 10.2. The molecule has 0 unspecified atom stereocenters. The summed E-state index contributed by atoms with van der Waals surface area (Å²) in [5.41, 5.74) is 0.953. The number of rotatable bonds is 1. The summed E-state index contributed by atoms with van der Waals surface area (Å²) in [4.78, 5) is 0. The number of hydrogen-bond donors (Lipinski definition) is 1. The van der Waals surface area contributed by atoms with Gasteiger partial charge in [-0.15, -0.1) is 0 Å². The molecule has 0 aliphatic carbocycles. The van der Waals surface area contributed by atoms with E-state index in [1.165, 1.54) is 0 Å². The van der Waals surface area contributed by atoms with Crippen molar-refractivity contribution in [3.8, 4) is 5.75 Å². The topological polar surface area (TPSA) is 38.7 Å². The van der Waals surface area contributed by atoms with Gasteiger partial charge in [0, 0.05) is 5.56 Å². The average molecular weight is 194 g/mol. The highest BCUT2D eigenvalue weighted by Crippen LogP contribution is 2.26. The van der Waals surface area contributed by atoms with Gasteiger partial charge < -0.3 is 14.6 Å². The van der Waals surface area contributed by atoms with Gasteiger partial charge in [0.15, 0.2) is 6.29 Å². The summed E-state index contributed by atoms with van der Waals surface area (Å²) < 4.78 is 11.1. The Labute approximate surface area is 83.3 Å². The Morgan fingerprint density at radius 1 is 1.29 bits per heavy atom. The summed E-state index contributed by atoms with van der Waals surface area (Å²) in [6, 6.07) is 6.92. The molecule has 3 heteroatoms. The predicted octanol–water partition coefficient (Wildman–Crippen LogP) is 2.22. The molecule has 1 fully saturated rings. The van der Waals surface area contributed by atoms with Gasteiger partial charge in [0.05, 0.1) is 12.7 Å². The Morgan fingerprint density at radius 2 is 2.00 bits per heavy atom. The number of aromatic hydroxyl groups is 1. The lowest BCUT2D eigenvalue weighted by molar-refractivity contribution is -0.212. The first-order valence-electron chi connectivity index (χ1n) is 4.82. The van der Waals surface area contributed by atoms with Crippen LogP contribution in [0.15, 0.2) is 24.3 Å². The largest absolute Gasteiger partial charge is 0.508 e. The first kappa shape index (κ1) is 9.49. The standard InChI is InChI=1S/C11H14O3/c1-8-6-7-13-11(14-8)9-2-4-10(12)5-3-9/h2-5,8,11-12H,6-7H2,1H3/t8-,11+/m0/s1. The molecule has 2 rings (SSSR count). The Morgan fingerprint density at radius 3 is 2.64 bits per heavy atom. The smallest absolute Gasteiger partial charge is 0.184 e. The molecular weight excluding hydrogens is 180 g/mol. The third kappa shape index (κ3) is 2.05. The first-order chi connectivity index (χ1) is 6.75. The fraction of sp³-hybridized carbons (Fsp3) is 0.455. The van der Waals surface area contributed by atoms with Crippen molar-refractivity contribution in [2.75, 3.05) is 6.61 Å². The van der Waals surface area contributed by atoms with Crippen LogP contribution in [0.1, 0.15) is 25.2 Å². The summed E-state index contributed by atoms with van der Waals surface area (Å²) in [5.74, 6) is 0.262. The Bertz CT molecular complexity index is 294. The zero-order valence-electron chi connectivity index (χ0n) is 8.14. The number of hydrogen-bond acceptors (Lipinski definition) is 3. The maximum atomic E-state index is 9.13. The molecule has 0 saturated carbocycles. The van der Waals surface area contributed by atoms with E-state index in [0.29, 0.717) is 0 Å². The Hall–Kier alpha value is -1.06. The van der Waals surface area contributed by atoms with Crippen LogP contribution in [0.3, 0.4) is 0 Å². The van der Waals surface area contributed by atoms with Gasteiger partial charge in [0.2, 0.25) is 0 Å². The minimum Gasteiger partial charge on any atom is -0.508 e. The minimum absolute atomic E-state index is 0.238. The Balaban J connectivity index is 2.10. The van der Waals surface area contributed by atoms with Gasteiger partial charge in [-0.3, -0.25) is 0 Å². The average Bonchev–Trinajstić information content (AvgIpc) is 2.19. The molecule has 1 saturated heterocycles. The zero-order chi connectivity index (χ0) is 9.97. The molecule has 76 valence electrons. The zero-order valence-corrected chi connectivity index (χ0v) is 8.14. The van der Waals surface area contributed by atoms with Crippen LogP contribution in [-0.4, -0.2) is 17.8 Å². The number of benzene rings is 1. The van der Waals surface area contributed by atoms with Gasteiger partial charge in [-0.2, -0.15) is 0 Å². The van der Waals surface area contributed by atoms with Crippen molar-refractivity contribution in [3.05, 3.63) is 29.8 Å². The molecular formula is C11H14O3. The van der Waals surface area contributed by atoms with Gasteiger partial charge >= 0.3 is 0 Å². The second kappa shape index (κ2) is 3.98. The van der Waals surface area contributed by atoms with Crippen molar-refractivity contribution < 1.29 is 14.6 Å². The predicted molar refractivity (Wildman–Crippen MR) is 52.0 cm³/mol. The second-order valence-electron chi connectivity index (χ2n) is 3.53. The molecule has 0 bridgehead atoms. The van der Waals surface area contributed by atoms with E-state index in [0.717, 1.165) is 18.6 Å². The molecule has 0 spiro atoms. The molecule has 0 amide bonds. The third-order valence-corrected chi connectivity index (χ3v) is 2.31. The quantitative estimate of drug-likeness (QED) is 0.745. The number of phenolic OH excluding ortho intramolecular Hbond substituents is 1. The molecule has 1 heterocycles. The van der Waals surface area contributed by atoms with Gasteiger partial charge in [-0.05, 0) is 25.5 Å². The van der Waals surface area contributed by atoms with Crippen molar-refractivity contribution >= 4 is 0 Å². The van der Waals surface area contributed by atoms with Crippen LogP contribution >= 0.6 is 0 Å². The van der Waals surface area contributed by atoms with E-state index in [4.69, 9.17) is 14.6 Å². The molecule has 2 atom stereocenters. The van der Waals surface area contributed by atoms with Crippen molar-refractivity contribution in [1.29, 1.82) is 0 Å². The second-order valence-corrected chi connectivity index (χ2v) is 3.53. The van der Waals surface area contributed by atoms with E-state index in [1.54, 1.807) is 12.1 Å². The summed E-state index contributed by atoms with van der Waals surface area (Å²) in [6.45, 7) is 2.77. The van der Waals surface area contributed by atoms with Gasteiger partial charge in [-0.1, -0.05) is 12.1 Å². The summed E-state index contributed by atoms with van der Waals surface area (Å²) in [7, 11) is 0. The van der Waals surface area contributed by atoms with E-state index >= 15 is 0 Å². The number of ether oxygens (including phenoxy) is 2. The molecule has 1 aliphatic rings. The van der Waals surface area contributed by atoms with Crippen LogP contribution in [0.4, 0.5) is 0 Å². The molecule has 3 nitrogen and oxygen atoms in total. The number of phenols is 1. The highest BCUT2D eigenvalue weighted by molar-refractivity contribution is 5.26. The molecule has 0 radical (unpaired) electrons. The van der Waals surface area contributed by atoms with Crippen molar-refractivity contribution in [2.24, 2.45) is 0 Å². The molecule has 1 N–H and O–H groups in total. The summed E-state index contributed by atoms with van der Waals surface area (Å²) >= 11 is 0. The van der Waals surface area contributed by atoms with E-state index in [2.05, 4.69) is 0 Å².